The van der Waals surface area contributed by atoms with Crippen molar-refractivity contribution in [1.82, 2.24) is 0 Å². The molecular weight excluding hydrogens is 212 g/mol. The van der Waals surface area contributed by atoms with Crippen molar-refractivity contribution in [3.8, 4) is 5.75 Å². The molecule has 0 amide bonds. The maximum absolute atomic E-state index is 11.0. The van der Waals surface area contributed by atoms with Crippen molar-refractivity contribution in [2.24, 2.45) is 0 Å². The van der Waals surface area contributed by atoms with E-state index in [1.807, 2.05) is 13.0 Å². The van der Waals surface area contributed by atoms with Crippen LogP contribution >= 0.6 is 0 Å². The lowest BCUT2D eigenvalue weighted by Gasteiger charge is -2.16. The highest BCUT2D eigenvalue weighted by Gasteiger charge is 2.30. The number of hydrogen-bond acceptors (Lipinski definition) is 2. The van der Waals surface area contributed by atoms with Crippen LogP contribution in [0.25, 0.3) is 6.08 Å². The molecule has 0 saturated carbocycles. The molecule has 0 N–H and O–H groups in total. The van der Waals surface area contributed by atoms with E-state index in [1.54, 1.807) is 13.0 Å². The SMILES string of the molecule is CC(=O)C=Cc1cc2c(cc1C)OC(C)(C)C2. The fourth-order valence-corrected chi connectivity index (χ4v) is 2.16. The van der Waals surface area contributed by atoms with E-state index >= 15 is 0 Å². The first kappa shape index (κ1) is 11.9. The Balaban J connectivity index is 2.37. The monoisotopic (exact) mass is 230 g/mol. The van der Waals surface area contributed by atoms with Crippen LogP contribution < -0.4 is 4.74 Å². The van der Waals surface area contributed by atoms with Crippen molar-refractivity contribution < 1.29 is 9.53 Å². The van der Waals surface area contributed by atoms with Gasteiger partial charge in [-0.05, 0) is 62.6 Å². The van der Waals surface area contributed by atoms with E-state index in [2.05, 4.69) is 26.0 Å². The third-order valence-electron chi connectivity index (χ3n) is 2.95. The topological polar surface area (TPSA) is 26.3 Å². The summed E-state index contributed by atoms with van der Waals surface area (Å²) >= 11 is 0. The first-order chi connectivity index (χ1) is 7.87. The number of aryl methyl sites for hydroxylation is 1. The van der Waals surface area contributed by atoms with Gasteiger partial charge in [0, 0.05) is 6.42 Å². The minimum Gasteiger partial charge on any atom is -0.487 e. The molecule has 0 fully saturated rings. The van der Waals surface area contributed by atoms with E-state index in [0.717, 1.165) is 23.3 Å². The molecule has 1 aromatic rings. The van der Waals surface area contributed by atoms with Crippen LogP contribution in [0.1, 0.15) is 37.5 Å². The van der Waals surface area contributed by atoms with Crippen molar-refractivity contribution in [1.29, 1.82) is 0 Å². The van der Waals surface area contributed by atoms with Gasteiger partial charge in [-0.2, -0.15) is 0 Å². The van der Waals surface area contributed by atoms with Crippen LogP contribution in [-0.4, -0.2) is 11.4 Å². The molecule has 0 radical (unpaired) electrons. The predicted octanol–water partition coefficient (Wildman–Crippen LogP) is 3.31. The second-order valence-electron chi connectivity index (χ2n) is 5.30. The summed E-state index contributed by atoms with van der Waals surface area (Å²) in [6.45, 7) is 7.78. The van der Waals surface area contributed by atoms with Crippen molar-refractivity contribution in [3.63, 3.8) is 0 Å². The number of rotatable bonds is 2. The van der Waals surface area contributed by atoms with Crippen LogP contribution in [0.3, 0.4) is 0 Å². The third kappa shape index (κ3) is 2.57. The zero-order valence-corrected chi connectivity index (χ0v) is 10.8. The Labute approximate surface area is 102 Å². The highest BCUT2D eigenvalue weighted by atomic mass is 16.5. The standard InChI is InChI=1S/C15H18O2/c1-10-7-14-13(9-15(3,4)17-14)8-12(10)6-5-11(2)16/h5-8H,9H2,1-4H3. The number of carbonyl (C=O) groups excluding carboxylic acids is 1. The molecule has 0 aromatic heterocycles. The number of hydrogen-bond donors (Lipinski definition) is 0. The highest BCUT2D eigenvalue weighted by Crippen LogP contribution is 2.36. The highest BCUT2D eigenvalue weighted by molar-refractivity contribution is 5.91. The molecule has 17 heavy (non-hydrogen) atoms. The van der Waals surface area contributed by atoms with Gasteiger partial charge >= 0.3 is 0 Å². The van der Waals surface area contributed by atoms with E-state index in [-0.39, 0.29) is 11.4 Å². The molecule has 0 spiro atoms. The van der Waals surface area contributed by atoms with Gasteiger partial charge in [0.25, 0.3) is 0 Å². The van der Waals surface area contributed by atoms with Crippen LogP contribution in [0.4, 0.5) is 0 Å². The number of fused-ring (bicyclic) bond motifs is 1. The maximum Gasteiger partial charge on any atom is 0.152 e. The largest absolute Gasteiger partial charge is 0.487 e. The van der Waals surface area contributed by atoms with Crippen molar-refractivity contribution in [2.45, 2.75) is 39.7 Å². The van der Waals surface area contributed by atoms with Gasteiger partial charge in [0.2, 0.25) is 0 Å². The fraction of sp³-hybridized carbons (Fsp3) is 0.400. The quantitative estimate of drug-likeness (QED) is 0.729. The Hall–Kier alpha value is -1.57. The normalized spacial score (nSPS) is 16.9. The van der Waals surface area contributed by atoms with Gasteiger partial charge in [-0.15, -0.1) is 0 Å². The van der Waals surface area contributed by atoms with Gasteiger partial charge in [-0.3, -0.25) is 4.79 Å². The van der Waals surface area contributed by atoms with Crippen LogP contribution in [0.15, 0.2) is 18.2 Å². The molecular formula is C15H18O2. The van der Waals surface area contributed by atoms with Crippen LogP contribution in [0.2, 0.25) is 0 Å². The van der Waals surface area contributed by atoms with Gasteiger partial charge in [-0.25, -0.2) is 0 Å². The molecule has 0 aliphatic carbocycles. The molecule has 0 saturated heterocycles. The summed E-state index contributed by atoms with van der Waals surface area (Å²) in [5.41, 5.74) is 3.35. The average molecular weight is 230 g/mol. The van der Waals surface area contributed by atoms with Gasteiger partial charge in [0.05, 0.1) is 0 Å². The van der Waals surface area contributed by atoms with Crippen LogP contribution in [0, 0.1) is 6.92 Å². The number of benzene rings is 1. The molecule has 90 valence electrons. The molecule has 1 aromatic carbocycles. The van der Waals surface area contributed by atoms with Gasteiger partial charge in [0.1, 0.15) is 11.4 Å². The lowest BCUT2D eigenvalue weighted by molar-refractivity contribution is -0.112. The molecule has 0 bridgehead atoms. The summed E-state index contributed by atoms with van der Waals surface area (Å²) in [4.78, 5) is 11.0. The minimum absolute atomic E-state index is 0.0708. The molecule has 0 atom stereocenters. The molecule has 0 unspecified atom stereocenters. The smallest absolute Gasteiger partial charge is 0.152 e. The Kier molecular flexibility index (Phi) is 2.82. The fourth-order valence-electron chi connectivity index (χ4n) is 2.16. The molecule has 1 heterocycles. The van der Waals surface area contributed by atoms with Gasteiger partial charge in [0.15, 0.2) is 5.78 Å². The Bertz CT molecular complexity index is 496. The minimum atomic E-state index is -0.113. The van der Waals surface area contributed by atoms with Gasteiger partial charge in [-0.1, -0.05) is 6.08 Å². The predicted molar refractivity (Wildman–Crippen MR) is 69.3 cm³/mol. The Morgan fingerprint density at radius 2 is 2.12 bits per heavy atom. The van der Waals surface area contributed by atoms with E-state index < -0.39 is 0 Å². The number of allylic oxidation sites excluding steroid dienone is 1. The summed E-state index contributed by atoms with van der Waals surface area (Å²) in [6.07, 6.45) is 4.41. The van der Waals surface area contributed by atoms with E-state index in [0.29, 0.717) is 0 Å². The second kappa shape index (κ2) is 4.02. The first-order valence-electron chi connectivity index (χ1n) is 5.88. The van der Waals surface area contributed by atoms with Gasteiger partial charge < -0.3 is 4.74 Å². The van der Waals surface area contributed by atoms with Crippen LogP contribution in [-0.2, 0) is 11.2 Å². The third-order valence-corrected chi connectivity index (χ3v) is 2.95. The molecule has 2 heteroatoms. The summed E-state index contributed by atoms with van der Waals surface area (Å²) in [5.74, 6) is 1.05. The zero-order chi connectivity index (χ0) is 12.6. The maximum atomic E-state index is 11.0. The number of carbonyl (C=O) groups is 1. The van der Waals surface area contributed by atoms with E-state index in [1.165, 1.54) is 5.56 Å². The first-order valence-corrected chi connectivity index (χ1v) is 5.88. The molecule has 1 aliphatic heterocycles. The Morgan fingerprint density at radius 1 is 1.41 bits per heavy atom. The summed E-state index contributed by atoms with van der Waals surface area (Å²) < 4.78 is 5.86. The zero-order valence-electron chi connectivity index (χ0n) is 10.8. The average Bonchev–Trinajstić information content (AvgIpc) is 2.47. The summed E-state index contributed by atoms with van der Waals surface area (Å²) in [5, 5.41) is 0. The summed E-state index contributed by atoms with van der Waals surface area (Å²) in [7, 11) is 0. The Morgan fingerprint density at radius 3 is 2.76 bits per heavy atom. The number of ether oxygens (including phenoxy) is 1. The van der Waals surface area contributed by atoms with Crippen molar-refractivity contribution >= 4 is 11.9 Å². The lowest BCUT2D eigenvalue weighted by atomic mass is 9.98. The van der Waals surface area contributed by atoms with Crippen LogP contribution in [0.5, 0.6) is 5.75 Å². The molecule has 2 nitrogen and oxygen atoms in total. The van der Waals surface area contributed by atoms with Crippen molar-refractivity contribution in [2.75, 3.05) is 0 Å². The second-order valence-corrected chi connectivity index (χ2v) is 5.30. The van der Waals surface area contributed by atoms with Crippen molar-refractivity contribution in [3.05, 3.63) is 34.9 Å². The molecule has 1 aliphatic rings. The number of ketones is 1. The van der Waals surface area contributed by atoms with E-state index in [4.69, 9.17) is 4.74 Å². The van der Waals surface area contributed by atoms with E-state index in [9.17, 15) is 4.79 Å². The molecule has 2 rings (SSSR count). The lowest BCUT2D eigenvalue weighted by Crippen LogP contribution is -2.24. The summed E-state index contributed by atoms with van der Waals surface area (Å²) in [6, 6.07) is 4.18.